The minimum Gasteiger partial charge on any atom is -0.351 e. The number of nitrogens with zero attached hydrogens (tertiary/aromatic N) is 2. The lowest BCUT2D eigenvalue weighted by Gasteiger charge is -2.10. The number of amides is 1. The zero-order valence-electron chi connectivity index (χ0n) is 14.9. The van der Waals surface area contributed by atoms with Gasteiger partial charge >= 0.3 is 0 Å². The first kappa shape index (κ1) is 18.2. The normalized spacial score (nSPS) is 11.9. The number of thioether (sulfide) groups is 1. The minimum atomic E-state index is -0.273. The molecule has 2 N–H and O–H groups in total. The van der Waals surface area contributed by atoms with E-state index in [4.69, 9.17) is 0 Å². The van der Waals surface area contributed by atoms with Gasteiger partial charge in [-0.05, 0) is 24.5 Å². The molecule has 5 nitrogen and oxygen atoms in total. The number of hydrogen-bond acceptors (Lipinski definition) is 4. The molecule has 0 bridgehead atoms. The SMILES string of the molecule is CCc1ccc(-c2nc(S[C@H](C)C(=O)NCc3ccccc3)n[nH]2)cc1. The van der Waals surface area contributed by atoms with E-state index >= 15 is 0 Å². The predicted molar refractivity (Wildman–Crippen MR) is 105 cm³/mol. The van der Waals surface area contributed by atoms with E-state index in [2.05, 4.69) is 39.6 Å². The molecule has 0 saturated heterocycles. The lowest BCUT2D eigenvalue weighted by molar-refractivity contribution is -0.120. The lowest BCUT2D eigenvalue weighted by Crippen LogP contribution is -2.30. The zero-order chi connectivity index (χ0) is 18.4. The maximum atomic E-state index is 12.3. The quantitative estimate of drug-likeness (QED) is 0.624. The van der Waals surface area contributed by atoms with E-state index in [0.29, 0.717) is 17.5 Å². The van der Waals surface area contributed by atoms with E-state index in [-0.39, 0.29) is 11.2 Å². The molecule has 26 heavy (non-hydrogen) atoms. The van der Waals surface area contributed by atoms with Gasteiger partial charge < -0.3 is 5.32 Å². The van der Waals surface area contributed by atoms with Gasteiger partial charge in [-0.2, -0.15) is 0 Å². The van der Waals surface area contributed by atoms with E-state index in [1.807, 2.05) is 49.4 Å². The summed E-state index contributed by atoms with van der Waals surface area (Å²) in [5, 5.41) is 10.4. The highest BCUT2D eigenvalue weighted by Gasteiger charge is 2.17. The molecule has 0 fully saturated rings. The molecule has 0 spiro atoms. The maximum Gasteiger partial charge on any atom is 0.233 e. The van der Waals surface area contributed by atoms with Crippen LogP contribution in [0.15, 0.2) is 59.8 Å². The van der Waals surface area contributed by atoms with Crippen molar-refractivity contribution in [2.45, 2.75) is 37.2 Å². The topological polar surface area (TPSA) is 70.7 Å². The summed E-state index contributed by atoms with van der Waals surface area (Å²) in [4.78, 5) is 16.8. The fourth-order valence-electron chi connectivity index (χ4n) is 2.47. The van der Waals surface area contributed by atoms with Gasteiger partial charge in [0.05, 0.1) is 5.25 Å². The Hall–Kier alpha value is -2.60. The Kier molecular flexibility index (Phi) is 6.07. The Bertz CT molecular complexity index is 846. The third-order valence-electron chi connectivity index (χ3n) is 4.06. The second kappa shape index (κ2) is 8.67. The summed E-state index contributed by atoms with van der Waals surface area (Å²) in [7, 11) is 0. The van der Waals surface area contributed by atoms with E-state index in [0.717, 1.165) is 17.5 Å². The van der Waals surface area contributed by atoms with Crippen LogP contribution in [0, 0.1) is 0 Å². The van der Waals surface area contributed by atoms with Crippen molar-refractivity contribution >= 4 is 17.7 Å². The van der Waals surface area contributed by atoms with Gasteiger partial charge in [-0.15, -0.1) is 5.10 Å². The van der Waals surface area contributed by atoms with Crippen molar-refractivity contribution in [3.05, 3.63) is 65.7 Å². The standard InChI is InChI=1S/C20H22N4OS/c1-3-15-9-11-17(12-10-15)18-22-20(24-23-18)26-14(2)19(25)21-13-16-7-5-4-6-8-16/h4-12,14H,3,13H2,1-2H3,(H,21,25)(H,22,23,24)/t14-/m1/s1. The lowest BCUT2D eigenvalue weighted by atomic mass is 10.1. The van der Waals surface area contributed by atoms with Crippen LogP contribution in [0.3, 0.4) is 0 Å². The summed E-state index contributed by atoms with van der Waals surface area (Å²) >= 11 is 1.34. The third-order valence-corrected chi connectivity index (χ3v) is 5.02. The van der Waals surface area contributed by atoms with Crippen LogP contribution in [-0.2, 0) is 17.8 Å². The molecule has 0 aliphatic heterocycles. The largest absolute Gasteiger partial charge is 0.351 e. The summed E-state index contributed by atoms with van der Waals surface area (Å²) in [6.07, 6.45) is 1.01. The Morgan fingerprint density at radius 3 is 2.54 bits per heavy atom. The van der Waals surface area contributed by atoms with Crippen LogP contribution in [0.4, 0.5) is 0 Å². The van der Waals surface area contributed by atoms with Crippen LogP contribution in [0.2, 0.25) is 0 Å². The Morgan fingerprint density at radius 2 is 1.85 bits per heavy atom. The maximum absolute atomic E-state index is 12.3. The predicted octanol–water partition coefficient (Wildman–Crippen LogP) is 3.83. The molecule has 0 radical (unpaired) electrons. The monoisotopic (exact) mass is 366 g/mol. The van der Waals surface area contributed by atoms with Gasteiger partial charge in [-0.25, -0.2) is 4.98 Å². The first-order valence-electron chi connectivity index (χ1n) is 8.65. The second-order valence-electron chi connectivity index (χ2n) is 5.98. The van der Waals surface area contributed by atoms with Gasteiger partial charge in [-0.3, -0.25) is 9.89 Å². The van der Waals surface area contributed by atoms with E-state index in [1.165, 1.54) is 17.3 Å². The van der Waals surface area contributed by atoms with E-state index in [1.54, 1.807) is 0 Å². The van der Waals surface area contributed by atoms with Crippen molar-refractivity contribution in [2.24, 2.45) is 0 Å². The fraction of sp³-hybridized carbons (Fsp3) is 0.250. The van der Waals surface area contributed by atoms with Crippen molar-refractivity contribution in [2.75, 3.05) is 0 Å². The van der Waals surface area contributed by atoms with Gasteiger partial charge in [0.15, 0.2) is 5.82 Å². The molecular formula is C20H22N4OS. The van der Waals surface area contributed by atoms with Gasteiger partial charge in [0.25, 0.3) is 0 Å². The van der Waals surface area contributed by atoms with Crippen LogP contribution >= 0.6 is 11.8 Å². The number of aryl methyl sites for hydroxylation is 1. The number of rotatable bonds is 7. The molecule has 0 aliphatic rings. The molecule has 1 aromatic heterocycles. The molecule has 2 aromatic carbocycles. The molecule has 0 unspecified atom stereocenters. The molecule has 0 saturated carbocycles. The number of nitrogens with one attached hydrogen (secondary N) is 2. The summed E-state index contributed by atoms with van der Waals surface area (Å²) < 4.78 is 0. The van der Waals surface area contributed by atoms with E-state index in [9.17, 15) is 4.79 Å². The van der Waals surface area contributed by atoms with Crippen LogP contribution in [-0.4, -0.2) is 26.3 Å². The average Bonchev–Trinajstić information content (AvgIpc) is 3.15. The second-order valence-corrected chi connectivity index (χ2v) is 7.29. The highest BCUT2D eigenvalue weighted by atomic mass is 32.2. The molecule has 3 rings (SSSR count). The van der Waals surface area contributed by atoms with Crippen molar-refractivity contribution in [1.82, 2.24) is 20.5 Å². The number of carbonyl (C=O) groups is 1. The van der Waals surface area contributed by atoms with Crippen LogP contribution in [0.5, 0.6) is 0 Å². The third kappa shape index (κ3) is 4.73. The van der Waals surface area contributed by atoms with Gasteiger partial charge in [0, 0.05) is 12.1 Å². The Labute approximate surface area is 157 Å². The smallest absolute Gasteiger partial charge is 0.233 e. The van der Waals surface area contributed by atoms with Crippen molar-refractivity contribution in [3.63, 3.8) is 0 Å². The highest BCUT2D eigenvalue weighted by molar-refractivity contribution is 8.00. The molecule has 1 heterocycles. The van der Waals surface area contributed by atoms with Crippen LogP contribution < -0.4 is 5.32 Å². The molecule has 0 aliphatic carbocycles. The van der Waals surface area contributed by atoms with Crippen molar-refractivity contribution < 1.29 is 4.79 Å². The molecule has 3 aromatic rings. The summed E-state index contributed by atoms with van der Waals surface area (Å²) in [6, 6.07) is 18.1. The van der Waals surface area contributed by atoms with Gasteiger partial charge in [-0.1, -0.05) is 73.3 Å². The summed E-state index contributed by atoms with van der Waals surface area (Å²) in [5.41, 5.74) is 3.35. The van der Waals surface area contributed by atoms with Gasteiger partial charge in [0.2, 0.25) is 11.1 Å². The summed E-state index contributed by atoms with van der Waals surface area (Å²) in [6.45, 7) is 4.51. The van der Waals surface area contributed by atoms with E-state index < -0.39 is 0 Å². The number of aromatic nitrogens is 3. The van der Waals surface area contributed by atoms with Crippen LogP contribution in [0.1, 0.15) is 25.0 Å². The fourth-order valence-corrected chi connectivity index (χ4v) is 3.22. The summed E-state index contributed by atoms with van der Waals surface area (Å²) in [5.74, 6) is 0.685. The number of H-pyrrole nitrogens is 1. The molecule has 6 heteroatoms. The number of benzene rings is 2. The first-order valence-corrected chi connectivity index (χ1v) is 9.53. The zero-order valence-corrected chi connectivity index (χ0v) is 15.7. The molecule has 1 atom stereocenters. The molecule has 134 valence electrons. The number of hydrogen-bond donors (Lipinski definition) is 2. The minimum absolute atomic E-state index is 0.0301. The number of aromatic amines is 1. The van der Waals surface area contributed by atoms with Crippen molar-refractivity contribution in [3.8, 4) is 11.4 Å². The molecular weight excluding hydrogens is 344 g/mol. The number of carbonyl (C=O) groups excluding carboxylic acids is 1. The van der Waals surface area contributed by atoms with Crippen LogP contribution in [0.25, 0.3) is 11.4 Å². The molecule has 1 amide bonds. The average molecular weight is 366 g/mol. The first-order chi connectivity index (χ1) is 12.7. The Balaban J connectivity index is 1.56. The van der Waals surface area contributed by atoms with Gasteiger partial charge in [0.1, 0.15) is 0 Å². The highest BCUT2D eigenvalue weighted by Crippen LogP contribution is 2.23. The Morgan fingerprint density at radius 1 is 1.12 bits per heavy atom. The van der Waals surface area contributed by atoms with Crippen molar-refractivity contribution in [1.29, 1.82) is 0 Å².